The van der Waals surface area contributed by atoms with Gasteiger partial charge in [-0.2, -0.15) is 0 Å². The van der Waals surface area contributed by atoms with E-state index in [2.05, 4.69) is 15.3 Å². The number of pyridine rings is 1. The number of carbonyl (C=O) groups is 1. The van der Waals surface area contributed by atoms with E-state index in [1.807, 2.05) is 19.1 Å². The summed E-state index contributed by atoms with van der Waals surface area (Å²) in [4.78, 5) is 20.3. The number of nitrogens with one attached hydrogen (secondary N) is 1. The molecular formula is C18H16FN3O2. The number of aryl methyl sites for hydroxylation is 3. The summed E-state index contributed by atoms with van der Waals surface area (Å²) in [6.07, 6.45) is 2.72. The van der Waals surface area contributed by atoms with Gasteiger partial charge < -0.3 is 9.73 Å². The second-order valence-corrected chi connectivity index (χ2v) is 5.51. The first kappa shape index (κ1) is 15.9. The van der Waals surface area contributed by atoms with Crippen LogP contribution in [0.5, 0.6) is 0 Å². The number of nitrogens with zero attached hydrogens (tertiary/aromatic N) is 2. The number of oxazole rings is 1. The lowest BCUT2D eigenvalue weighted by atomic mass is 10.0. The van der Waals surface area contributed by atoms with Crippen molar-refractivity contribution in [1.29, 1.82) is 0 Å². The lowest BCUT2D eigenvalue weighted by Gasteiger charge is -2.10. The molecule has 0 aliphatic heterocycles. The molecule has 1 amide bonds. The minimum atomic E-state index is -0.410. The first-order chi connectivity index (χ1) is 11.4. The summed E-state index contributed by atoms with van der Waals surface area (Å²) in [7, 11) is 0. The number of anilines is 1. The van der Waals surface area contributed by atoms with Crippen LogP contribution in [0.2, 0.25) is 0 Å². The third-order valence-electron chi connectivity index (χ3n) is 3.64. The fourth-order valence-corrected chi connectivity index (χ4v) is 2.43. The number of rotatable bonds is 3. The molecule has 5 nitrogen and oxygen atoms in total. The fraction of sp³-hybridized carbons (Fsp3) is 0.167. The average Bonchev–Trinajstić information content (AvgIpc) is 2.88. The predicted octanol–water partition coefficient (Wildman–Crippen LogP) is 4.05. The van der Waals surface area contributed by atoms with Crippen LogP contribution in [0.15, 0.2) is 41.1 Å². The molecule has 1 aromatic carbocycles. The van der Waals surface area contributed by atoms with Gasteiger partial charge in [0, 0.05) is 24.4 Å². The highest BCUT2D eigenvalue weighted by molar-refractivity contribution is 6.04. The molecule has 0 fully saturated rings. The van der Waals surface area contributed by atoms with Crippen molar-refractivity contribution in [2.45, 2.75) is 20.8 Å². The summed E-state index contributed by atoms with van der Waals surface area (Å²) < 4.78 is 18.6. The quantitative estimate of drug-likeness (QED) is 0.788. The maximum atomic E-state index is 13.4. The van der Waals surface area contributed by atoms with Crippen molar-refractivity contribution in [2.24, 2.45) is 0 Å². The Morgan fingerprint density at radius 3 is 2.58 bits per heavy atom. The summed E-state index contributed by atoms with van der Waals surface area (Å²) >= 11 is 0. The molecule has 0 bridgehead atoms. The number of hydrogen-bond donors (Lipinski definition) is 1. The van der Waals surface area contributed by atoms with Crippen molar-refractivity contribution in [3.8, 4) is 11.1 Å². The number of hydrogen-bond acceptors (Lipinski definition) is 4. The van der Waals surface area contributed by atoms with Crippen molar-refractivity contribution in [1.82, 2.24) is 9.97 Å². The standard InChI is InChI=1S/C18H16FN3O2/c1-10-4-5-13(14-6-15(19)9-20-8-14)7-16(10)22-18(23)17-11(2)24-12(3)21-17/h4-9H,1-3H3,(H,22,23). The summed E-state index contributed by atoms with van der Waals surface area (Å²) in [5, 5.41) is 2.83. The molecule has 122 valence electrons. The molecule has 24 heavy (non-hydrogen) atoms. The molecular weight excluding hydrogens is 309 g/mol. The van der Waals surface area contributed by atoms with Gasteiger partial charge in [-0.15, -0.1) is 0 Å². The molecule has 0 radical (unpaired) electrons. The van der Waals surface area contributed by atoms with Gasteiger partial charge >= 0.3 is 0 Å². The summed E-state index contributed by atoms with van der Waals surface area (Å²) in [6.45, 7) is 5.26. The molecule has 3 rings (SSSR count). The number of amides is 1. The van der Waals surface area contributed by atoms with Crippen molar-refractivity contribution < 1.29 is 13.6 Å². The van der Waals surface area contributed by atoms with Crippen LogP contribution in [0, 0.1) is 26.6 Å². The molecule has 1 N–H and O–H groups in total. The Morgan fingerprint density at radius 1 is 1.12 bits per heavy atom. The van der Waals surface area contributed by atoms with Crippen LogP contribution >= 0.6 is 0 Å². The lowest BCUT2D eigenvalue weighted by molar-refractivity contribution is 0.102. The van der Waals surface area contributed by atoms with Gasteiger partial charge in [0.2, 0.25) is 0 Å². The van der Waals surface area contributed by atoms with E-state index in [0.717, 1.165) is 17.3 Å². The lowest BCUT2D eigenvalue weighted by Crippen LogP contribution is -2.14. The second kappa shape index (κ2) is 6.23. The Morgan fingerprint density at radius 2 is 1.92 bits per heavy atom. The Bertz CT molecular complexity index is 918. The Balaban J connectivity index is 1.92. The first-order valence-electron chi connectivity index (χ1n) is 7.41. The number of benzene rings is 1. The monoisotopic (exact) mass is 325 g/mol. The summed E-state index contributed by atoms with van der Waals surface area (Å²) in [6, 6.07) is 6.89. The molecule has 6 heteroatoms. The van der Waals surface area contributed by atoms with E-state index in [1.54, 1.807) is 26.1 Å². The molecule has 0 unspecified atom stereocenters. The van der Waals surface area contributed by atoms with Crippen molar-refractivity contribution >= 4 is 11.6 Å². The van der Waals surface area contributed by atoms with Gasteiger partial charge in [0.25, 0.3) is 5.91 Å². The highest BCUT2D eigenvalue weighted by atomic mass is 19.1. The van der Waals surface area contributed by atoms with E-state index in [9.17, 15) is 9.18 Å². The van der Waals surface area contributed by atoms with Crippen LogP contribution in [-0.2, 0) is 0 Å². The molecule has 0 atom stereocenters. The molecule has 0 saturated heterocycles. The Hall–Kier alpha value is -3.02. The second-order valence-electron chi connectivity index (χ2n) is 5.51. The van der Waals surface area contributed by atoms with Crippen LogP contribution in [0.25, 0.3) is 11.1 Å². The maximum Gasteiger partial charge on any atom is 0.277 e. The van der Waals surface area contributed by atoms with Crippen molar-refractivity contribution in [2.75, 3.05) is 5.32 Å². The third-order valence-corrected chi connectivity index (χ3v) is 3.64. The summed E-state index contributed by atoms with van der Waals surface area (Å²) in [5.74, 6) is 0.149. The van der Waals surface area contributed by atoms with E-state index < -0.39 is 5.82 Å². The van der Waals surface area contributed by atoms with E-state index in [0.29, 0.717) is 22.9 Å². The van der Waals surface area contributed by atoms with Gasteiger partial charge in [-0.1, -0.05) is 12.1 Å². The third kappa shape index (κ3) is 3.17. The molecule has 2 aromatic heterocycles. The fourth-order valence-electron chi connectivity index (χ4n) is 2.43. The van der Waals surface area contributed by atoms with Crippen LogP contribution in [0.4, 0.5) is 10.1 Å². The number of aromatic nitrogens is 2. The van der Waals surface area contributed by atoms with Crippen LogP contribution < -0.4 is 5.32 Å². The first-order valence-corrected chi connectivity index (χ1v) is 7.41. The molecule has 0 aliphatic carbocycles. The Labute approximate surface area is 138 Å². The van der Waals surface area contributed by atoms with Gasteiger partial charge in [0.05, 0.1) is 6.20 Å². The van der Waals surface area contributed by atoms with Gasteiger partial charge in [-0.25, -0.2) is 9.37 Å². The highest BCUT2D eigenvalue weighted by Crippen LogP contribution is 2.26. The zero-order chi connectivity index (χ0) is 17.3. The van der Waals surface area contributed by atoms with Gasteiger partial charge in [0.1, 0.15) is 11.6 Å². The number of carbonyl (C=O) groups excluding carboxylic acids is 1. The van der Waals surface area contributed by atoms with Gasteiger partial charge in [0.15, 0.2) is 11.6 Å². The highest BCUT2D eigenvalue weighted by Gasteiger charge is 2.16. The predicted molar refractivity (Wildman–Crippen MR) is 88.3 cm³/mol. The van der Waals surface area contributed by atoms with Crippen LogP contribution in [0.3, 0.4) is 0 Å². The molecule has 0 spiro atoms. The van der Waals surface area contributed by atoms with Gasteiger partial charge in [-0.05, 0) is 37.1 Å². The zero-order valence-corrected chi connectivity index (χ0v) is 13.6. The van der Waals surface area contributed by atoms with Gasteiger partial charge in [-0.3, -0.25) is 9.78 Å². The van der Waals surface area contributed by atoms with E-state index in [4.69, 9.17) is 4.42 Å². The largest absolute Gasteiger partial charge is 0.445 e. The minimum Gasteiger partial charge on any atom is -0.445 e. The van der Waals surface area contributed by atoms with Crippen LogP contribution in [0.1, 0.15) is 27.7 Å². The smallest absolute Gasteiger partial charge is 0.277 e. The molecule has 0 saturated carbocycles. The van der Waals surface area contributed by atoms with Crippen molar-refractivity contribution in [3.05, 3.63) is 65.4 Å². The molecule has 2 heterocycles. The summed E-state index contributed by atoms with van der Waals surface area (Å²) in [5.41, 5.74) is 3.16. The zero-order valence-electron chi connectivity index (χ0n) is 13.6. The average molecular weight is 325 g/mol. The topological polar surface area (TPSA) is 68.0 Å². The van der Waals surface area contributed by atoms with Crippen LogP contribution in [-0.4, -0.2) is 15.9 Å². The van der Waals surface area contributed by atoms with E-state index in [1.165, 1.54) is 6.07 Å². The van der Waals surface area contributed by atoms with E-state index in [-0.39, 0.29) is 11.6 Å². The normalized spacial score (nSPS) is 10.7. The Kier molecular flexibility index (Phi) is 4.12. The van der Waals surface area contributed by atoms with E-state index >= 15 is 0 Å². The SMILES string of the molecule is Cc1nc(C(=O)Nc2cc(-c3cncc(F)c3)ccc2C)c(C)o1. The van der Waals surface area contributed by atoms with Crippen molar-refractivity contribution in [3.63, 3.8) is 0 Å². The minimum absolute atomic E-state index is 0.254. The molecule has 3 aromatic rings. The number of halogens is 1. The maximum absolute atomic E-state index is 13.4. The molecule has 0 aliphatic rings.